The van der Waals surface area contributed by atoms with Gasteiger partial charge in [0.1, 0.15) is 5.82 Å². The largest absolute Gasteiger partial charge is 0.493 e. The Hall–Kier alpha value is -3.10. The number of halogens is 2. The molecule has 1 fully saturated rings. The molecule has 3 aromatic rings. The van der Waals surface area contributed by atoms with Gasteiger partial charge in [0.15, 0.2) is 23.0 Å². The maximum Gasteiger partial charge on any atom is 0.274 e. The highest BCUT2D eigenvalue weighted by atomic mass is 35.5. The van der Waals surface area contributed by atoms with Crippen LogP contribution in [0, 0.1) is 5.82 Å². The standard InChI is InChI=1S/C28H31ClFN3O4/c1-16(2)37-23-14-21-17(13-22(23)35-5)9-10-20-25(27(34)32-11-12-36-15-28(32,3)4)31-26(33(20)21)18-7-6-8-19(29)24(18)30/h6-8,13-14,16H,9-12,15H2,1-5H3. The van der Waals surface area contributed by atoms with Gasteiger partial charge in [0, 0.05) is 12.6 Å². The molecule has 9 heteroatoms. The van der Waals surface area contributed by atoms with Crippen LogP contribution < -0.4 is 9.47 Å². The molecule has 2 aliphatic heterocycles. The van der Waals surface area contributed by atoms with Gasteiger partial charge in [0.25, 0.3) is 5.91 Å². The Bertz CT molecular complexity index is 1370. The van der Waals surface area contributed by atoms with Crippen molar-refractivity contribution in [3.8, 4) is 28.6 Å². The normalized spacial score (nSPS) is 16.4. The molecule has 1 aromatic heterocycles. The van der Waals surface area contributed by atoms with Gasteiger partial charge in [-0.15, -0.1) is 0 Å². The summed E-state index contributed by atoms with van der Waals surface area (Å²) in [5.41, 5.74) is 2.55. The molecule has 2 aliphatic rings. The van der Waals surface area contributed by atoms with Crippen molar-refractivity contribution in [3.63, 3.8) is 0 Å². The van der Waals surface area contributed by atoms with Crippen molar-refractivity contribution in [2.24, 2.45) is 0 Å². The van der Waals surface area contributed by atoms with Crippen LogP contribution in [0.2, 0.25) is 5.02 Å². The highest BCUT2D eigenvalue weighted by Crippen LogP contribution is 2.41. The van der Waals surface area contributed by atoms with E-state index in [0.29, 0.717) is 55.6 Å². The average Bonchev–Trinajstić information content (AvgIpc) is 3.24. The third kappa shape index (κ3) is 4.46. The third-order valence-corrected chi connectivity index (χ3v) is 7.15. The Labute approximate surface area is 221 Å². The van der Waals surface area contributed by atoms with Crippen molar-refractivity contribution < 1.29 is 23.4 Å². The first-order chi connectivity index (χ1) is 17.6. The summed E-state index contributed by atoms with van der Waals surface area (Å²) in [5.74, 6) is 0.740. The molecule has 1 saturated heterocycles. The molecule has 5 rings (SSSR count). The van der Waals surface area contributed by atoms with Crippen molar-refractivity contribution >= 4 is 17.5 Å². The predicted molar refractivity (Wildman–Crippen MR) is 140 cm³/mol. The number of fused-ring (bicyclic) bond motifs is 3. The minimum Gasteiger partial charge on any atom is -0.493 e. The first-order valence-corrected chi connectivity index (χ1v) is 12.8. The number of aryl methyl sites for hydroxylation is 1. The van der Waals surface area contributed by atoms with E-state index in [1.54, 1.807) is 24.1 Å². The van der Waals surface area contributed by atoms with Crippen LogP contribution in [0.25, 0.3) is 17.1 Å². The summed E-state index contributed by atoms with van der Waals surface area (Å²) < 4.78 is 34.5. The molecule has 7 nitrogen and oxygen atoms in total. The van der Waals surface area contributed by atoms with Crippen LogP contribution >= 0.6 is 11.6 Å². The highest BCUT2D eigenvalue weighted by Gasteiger charge is 2.39. The molecule has 0 atom stereocenters. The number of ether oxygens (including phenoxy) is 3. The molecular formula is C28H31ClFN3O4. The lowest BCUT2D eigenvalue weighted by atomic mass is 9.98. The number of aromatic nitrogens is 2. The van der Waals surface area contributed by atoms with Gasteiger partial charge in [0.05, 0.1) is 53.9 Å². The predicted octanol–water partition coefficient (Wildman–Crippen LogP) is 5.48. The molecule has 37 heavy (non-hydrogen) atoms. The number of imidazole rings is 1. The molecule has 0 radical (unpaired) electrons. The van der Waals surface area contributed by atoms with Gasteiger partial charge in [-0.1, -0.05) is 17.7 Å². The van der Waals surface area contributed by atoms with Crippen molar-refractivity contribution in [2.75, 3.05) is 26.9 Å². The topological polar surface area (TPSA) is 65.8 Å². The van der Waals surface area contributed by atoms with Gasteiger partial charge in [-0.25, -0.2) is 9.37 Å². The van der Waals surface area contributed by atoms with Crippen LogP contribution in [-0.2, 0) is 17.6 Å². The number of hydrogen-bond acceptors (Lipinski definition) is 5. The van der Waals surface area contributed by atoms with E-state index in [1.165, 1.54) is 6.07 Å². The van der Waals surface area contributed by atoms with E-state index in [4.69, 9.17) is 30.8 Å². The fourth-order valence-electron chi connectivity index (χ4n) is 5.09. The lowest BCUT2D eigenvalue weighted by molar-refractivity contribution is -0.0373. The van der Waals surface area contributed by atoms with Crippen LogP contribution in [0.4, 0.5) is 4.39 Å². The number of morpholine rings is 1. The van der Waals surface area contributed by atoms with Crippen molar-refractivity contribution in [1.82, 2.24) is 14.5 Å². The van der Waals surface area contributed by atoms with Crippen molar-refractivity contribution in [1.29, 1.82) is 0 Å². The average molecular weight is 528 g/mol. The molecular weight excluding hydrogens is 497 g/mol. The Morgan fingerprint density at radius 3 is 2.70 bits per heavy atom. The number of nitrogens with zero attached hydrogens (tertiary/aromatic N) is 3. The van der Waals surface area contributed by atoms with E-state index in [-0.39, 0.29) is 22.6 Å². The zero-order valence-electron chi connectivity index (χ0n) is 21.7. The minimum atomic E-state index is -0.582. The van der Waals surface area contributed by atoms with E-state index in [9.17, 15) is 4.79 Å². The molecule has 1 amide bonds. The Kier molecular flexibility index (Phi) is 6.66. The van der Waals surface area contributed by atoms with Crippen molar-refractivity contribution in [3.05, 3.63) is 58.1 Å². The van der Waals surface area contributed by atoms with E-state index in [2.05, 4.69) is 0 Å². The molecule has 0 unspecified atom stereocenters. The van der Waals surface area contributed by atoms with Crippen LogP contribution in [0.1, 0.15) is 49.4 Å². The SMILES string of the molecule is COc1cc2c(cc1OC(C)C)-n1c(-c3cccc(Cl)c3F)nc(C(=O)N3CCOCC3(C)C)c1CC2. The fourth-order valence-corrected chi connectivity index (χ4v) is 5.27. The summed E-state index contributed by atoms with van der Waals surface area (Å²) >= 11 is 6.16. The second-order valence-corrected chi connectivity index (χ2v) is 10.7. The molecule has 196 valence electrons. The smallest absolute Gasteiger partial charge is 0.274 e. The second kappa shape index (κ2) is 9.65. The van der Waals surface area contributed by atoms with Gasteiger partial charge in [-0.2, -0.15) is 0 Å². The van der Waals surface area contributed by atoms with Gasteiger partial charge in [0.2, 0.25) is 0 Å². The number of carbonyl (C=O) groups excluding carboxylic acids is 1. The van der Waals surface area contributed by atoms with E-state index >= 15 is 4.39 Å². The van der Waals surface area contributed by atoms with Crippen LogP contribution in [0.5, 0.6) is 11.5 Å². The first-order valence-electron chi connectivity index (χ1n) is 12.5. The summed E-state index contributed by atoms with van der Waals surface area (Å²) in [6.45, 7) is 9.18. The number of methoxy groups -OCH3 is 1. The van der Waals surface area contributed by atoms with Gasteiger partial charge in [-0.3, -0.25) is 9.36 Å². The molecule has 0 bridgehead atoms. The Balaban J connectivity index is 1.75. The summed E-state index contributed by atoms with van der Waals surface area (Å²) in [5, 5.41) is -0.00775. The minimum absolute atomic E-state index is 0.00775. The summed E-state index contributed by atoms with van der Waals surface area (Å²) in [6.07, 6.45) is 1.15. The van der Waals surface area contributed by atoms with E-state index in [0.717, 1.165) is 16.9 Å². The van der Waals surface area contributed by atoms with E-state index in [1.807, 2.05) is 44.4 Å². The number of amides is 1. The number of carbonyl (C=O) groups is 1. The van der Waals surface area contributed by atoms with Gasteiger partial charge < -0.3 is 19.1 Å². The van der Waals surface area contributed by atoms with E-state index < -0.39 is 11.4 Å². The molecule has 3 heterocycles. The quantitative estimate of drug-likeness (QED) is 0.440. The maximum absolute atomic E-state index is 15.3. The second-order valence-electron chi connectivity index (χ2n) is 10.3. The Morgan fingerprint density at radius 2 is 2.00 bits per heavy atom. The van der Waals surface area contributed by atoms with Crippen LogP contribution in [-0.4, -0.2) is 58.9 Å². The molecule has 0 saturated carbocycles. The lowest BCUT2D eigenvalue weighted by Gasteiger charge is -2.41. The van der Waals surface area contributed by atoms with Crippen molar-refractivity contribution in [2.45, 2.75) is 52.2 Å². The van der Waals surface area contributed by atoms with Gasteiger partial charge in [-0.05, 0) is 64.3 Å². The third-order valence-electron chi connectivity index (χ3n) is 6.86. The lowest BCUT2D eigenvalue weighted by Crippen LogP contribution is -2.55. The molecule has 2 aromatic carbocycles. The first kappa shape index (κ1) is 25.5. The number of rotatable bonds is 5. The monoisotopic (exact) mass is 527 g/mol. The highest BCUT2D eigenvalue weighted by molar-refractivity contribution is 6.31. The molecule has 0 N–H and O–H groups in total. The number of benzene rings is 2. The zero-order chi connectivity index (χ0) is 26.5. The zero-order valence-corrected chi connectivity index (χ0v) is 22.5. The van der Waals surface area contributed by atoms with Crippen LogP contribution in [0.3, 0.4) is 0 Å². The fraction of sp³-hybridized carbons (Fsp3) is 0.429. The van der Waals surface area contributed by atoms with Gasteiger partial charge >= 0.3 is 0 Å². The maximum atomic E-state index is 15.3. The summed E-state index contributed by atoms with van der Waals surface area (Å²) in [4.78, 5) is 20.5. The molecule has 0 spiro atoms. The van der Waals surface area contributed by atoms with Crippen LogP contribution in [0.15, 0.2) is 30.3 Å². The number of hydrogen-bond donors (Lipinski definition) is 0. The Morgan fingerprint density at radius 1 is 1.22 bits per heavy atom. The summed E-state index contributed by atoms with van der Waals surface area (Å²) in [6, 6.07) is 8.64. The summed E-state index contributed by atoms with van der Waals surface area (Å²) in [7, 11) is 1.61. The molecule has 0 aliphatic carbocycles.